The van der Waals surface area contributed by atoms with Gasteiger partial charge in [0.05, 0.1) is 15.5 Å². The van der Waals surface area contributed by atoms with Gasteiger partial charge in [-0.3, -0.25) is 4.79 Å². The highest BCUT2D eigenvalue weighted by Gasteiger charge is 2.24. The maximum absolute atomic E-state index is 12.5. The van der Waals surface area contributed by atoms with Crippen molar-refractivity contribution in [1.29, 1.82) is 0 Å². The van der Waals surface area contributed by atoms with Crippen LogP contribution in [0.15, 0.2) is 23.1 Å². The van der Waals surface area contributed by atoms with E-state index in [0.29, 0.717) is 19.6 Å². The van der Waals surface area contributed by atoms with Crippen LogP contribution in [0.1, 0.15) is 31.1 Å². The molecule has 0 bridgehead atoms. The second-order valence-corrected chi connectivity index (χ2v) is 6.90. The number of halogens is 1. The number of benzene rings is 1. The van der Waals surface area contributed by atoms with Crippen molar-refractivity contribution in [3.63, 3.8) is 0 Å². The van der Waals surface area contributed by atoms with Crippen LogP contribution in [-0.2, 0) is 10.0 Å². The Bertz CT molecular complexity index is 613. The van der Waals surface area contributed by atoms with Crippen LogP contribution in [0.4, 0.5) is 0 Å². The highest BCUT2D eigenvalue weighted by molar-refractivity contribution is 7.89. The zero-order chi connectivity index (χ0) is 16.2. The van der Waals surface area contributed by atoms with Gasteiger partial charge in [-0.2, -0.15) is 4.31 Å². The molecule has 5 nitrogen and oxygen atoms in total. The lowest BCUT2D eigenvalue weighted by Gasteiger charge is -2.20. The summed E-state index contributed by atoms with van der Waals surface area (Å²) in [6, 6.07) is 4.23. The van der Waals surface area contributed by atoms with Crippen LogP contribution in [-0.4, -0.2) is 50.2 Å². The summed E-state index contributed by atoms with van der Waals surface area (Å²) in [5.74, 6) is -0.293. The Hall–Kier alpha value is -1.11. The first-order valence-electron chi connectivity index (χ1n) is 6.84. The van der Waals surface area contributed by atoms with E-state index in [9.17, 15) is 13.2 Å². The Labute approximate surface area is 131 Å². The summed E-state index contributed by atoms with van der Waals surface area (Å²) < 4.78 is 26.3. The Morgan fingerprint density at radius 2 is 1.71 bits per heavy atom. The molecule has 0 saturated carbocycles. The monoisotopic (exact) mass is 332 g/mol. The van der Waals surface area contributed by atoms with E-state index in [4.69, 9.17) is 11.6 Å². The molecule has 21 heavy (non-hydrogen) atoms. The van der Waals surface area contributed by atoms with Gasteiger partial charge in [-0.25, -0.2) is 8.42 Å². The Morgan fingerprint density at radius 3 is 2.19 bits per heavy atom. The van der Waals surface area contributed by atoms with Crippen LogP contribution in [0.25, 0.3) is 0 Å². The van der Waals surface area contributed by atoms with Gasteiger partial charge in [0.25, 0.3) is 5.91 Å². The van der Waals surface area contributed by atoms with Gasteiger partial charge >= 0.3 is 0 Å². The number of nitrogens with zero attached hydrogens (tertiary/aromatic N) is 2. The van der Waals surface area contributed by atoms with Crippen LogP contribution in [0.5, 0.6) is 0 Å². The van der Waals surface area contributed by atoms with Crippen LogP contribution in [0.2, 0.25) is 5.02 Å². The summed E-state index contributed by atoms with van der Waals surface area (Å²) in [6.07, 6.45) is 0. The van der Waals surface area contributed by atoms with Crippen molar-refractivity contribution in [1.82, 2.24) is 9.21 Å². The zero-order valence-electron chi connectivity index (χ0n) is 12.8. The second kappa shape index (κ2) is 7.24. The van der Waals surface area contributed by atoms with Crippen molar-refractivity contribution in [2.45, 2.75) is 25.7 Å². The van der Waals surface area contributed by atoms with E-state index in [2.05, 4.69) is 0 Å². The first-order valence-corrected chi connectivity index (χ1v) is 8.66. The maximum Gasteiger partial charge on any atom is 0.255 e. The summed E-state index contributed by atoms with van der Waals surface area (Å²) in [5, 5.41) is 0.249. The van der Waals surface area contributed by atoms with Crippen molar-refractivity contribution in [3.8, 4) is 0 Å². The van der Waals surface area contributed by atoms with Gasteiger partial charge in [-0.15, -0.1) is 0 Å². The van der Waals surface area contributed by atoms with E-state index >= 15 is 0 Å². The van der Waals surface area contributed by atoms with Crippen molar-refractivity contribution >= 4 is 27.5 Å². The summed E-state index contributed by atoms with van der Waals surface area (Å²) in [4.78, 5) is 13.8. The lowest BCUT2D eigenvalue weighted by molar-refractivity contribution is 0.0802. The van der Waals surface area contributed by atoms with Crippen molar-refractivity contribution in [3.05, 3.63) is 28.8 Å². The average Bonchev–Trinajstić information content (AvgIpc) is 2.46. The van der Waals surface area contributed by atoms with Gasteiger partial charge in [-0.1, -0.05) is 25.4 Å². The number of hydrogen-bond acceptors (Lipinski definition) is 3. The predicted molar refractivity (Wildman–Crippen MR) is 84.2 cm³/mol. The SMILES string of the molecule is CCN(C)C(=O)c1cc(S(=O)(=O)N(CC)CC)ccc1Cl. The molecule has 0 fully saturated rings. The quantitative estimate of drug-likeness (QED) is 0.804. The van der Waals surface area contributed by atoms with Gasteiger partial charge in [0, 0.05) is 26.7 Å². The van der Waals surface area contributed by atoms with Crippen LogP contribution >= 0.6 is 11.6 Å². The molecule has 1 amide bonds. The lowest BCUT2D eigenvalue weighted by Crippen LogP contribution is -2.31. The van der Waals surface area contributed by atoms with E-state index in [1.165, 1.54) is 27.4 Å². The molecule has 1 aromatic rings. The van der Waals surface area contributed by atoms with Gasteiger partial charge in [0.1, 0.15) is 0 Å². The molecule has 0 aliphatic carbocycles. The highest BCUT2D eigenvalue weighted by Crippen LogP contribution is 2.24. The third-order valence-corrected chi connectivity index (χ3v) is 5.71. The fourth-order valence-electron chi connectivity index (χ4n) is 1.89. The molecule has 0 unspecified atom stereocenters. The van der Waals surface area contributed by atoms with E-state index in [1.807, 2.05) is 6.92 Å². The molecule has 0 aromatic heterocycles. The minimum atomic E-state index is -3.60. The Kier molecular flexibility index (Phi) is 6.19. The molecule has 0 radical (unpaired) electrons. The third kappa shape index (κ3) is 3.75. The normalized spacial score (nSPS) is 11.7. The molecule has 0 saturated heterocycles. The summed E-state index contributed by atoms with van der Waals surface area (Å²) >= 11 is 6.03. The molecule has 0 N–H and O–H groups in total. The lowest BCUT2D eigenvalue weighted by atomic mass is 10.2. The largest absolute Gasteiger partial charge is 0.342 e. The molecule has 0 heterocycles. The van der Waals surface area contributed by atoms with Gasteiger partial charge in [-0.05, 0) is 25.1 Å². The molecule has 0 aliphatic rings. The van der Waals surface area contributed by atoms with Gasteiger partial charge in [0.15, 0.2) is 0 Å². The van der Waals surface area contributed by atoms with E-state index < -0.39 is 10.0 Å². The fourth-order valence-corrected chi connectivity index (χ4v) is 3.57. The molecular formula is C14H21ClN2O3S. The second-order valence-electron chi connectivity index (χ2n) is 4.55. The Balaban J connectivity index is 3.33. The minimum Gasteiger partial charge on any atom is -0.342 e. The number of amides is 1. The number of hydrogen-bond donors (Lipinski definition) is 0. The minimum absolute atomic E-state index is 0.0865. The van der Waals surface area contributed by atoms with Crippen molar-refractivity contribution < 1.29 is 13.2 Å². The van der Waals surface area contributed by atoms with Gasteiger partial charge < -0.3 is 4.90 Å². The summed E-state index contributed by atoms with van der Waals surface area (Å²) in [5.41, 5.74) is 0.203. The molecular weight excluding hydrogens is 312 g/mol. The first kappa shape index (κ1) is 17.9. The third-order valence-electron chi connectivity index (χ3n) is 3.33. The summed E-state index contributed by atoms with van der Waals surface area (Å²) in [6.45, 7) is 6.64. The molecule has 0 atom stereocenters. The van der Waals surface area contributed by atoms with Crippen LogP contribution in [0.3, 0.4) is 0 Å². The van der Waals surface area contributed by atoms with Crippen molar-refractivity contribution in [2.24, 2.45) is 0 Å². The Morgan fingerprint density at radius 1 is 1.14 bits per heavy atom. The van der Waals surface area contributed by atoms with E-state index in [-0.39, 0.29) is 21.4 Å². The fraction of sp³-hybridized carbons (Fsp3) is 0.500. The first-order chi connectivity index (χ1) is 9.79. The number of carbonyl (C=O) groups is 1. The van der Waals surface area contributed by atoms with Crippen molar-refractivity contribution in [2.75, 3.05) is 26.7 Å². The molecule has 1 aromatic carbocycles. The maximum atomic E-state index is 12.5. The van der Waals surface area contributed by atoms with E-state index in [0.717, 1.165) is 0 Å². The van der Waals surface area contributed by atoms with Crippen LogP contribution in [0, 0.1) is 0 Å². The molecule has 0 aliphatic heterocycles. The molecule has 0 spiro atoms. The standard InChI is InChI=1S/C14H21ClN2O3S/c1-5-16(4)14(18)12-10-11(8-9-13(12)15)21(19,20)17(6-2)7-3/h8-10H,5-7H2,1-4H3. The average molecular weight is 333 g/mol. The smallest absolute Gasteiger partial charge is 0.255 e. The summed E-state index contributed by atoms with van der Waals surface area (Å²) in [7, 11) is -1.96. The van der Waals surface area contributed by atoms with E-state index in [1.54, 1.807) is 20.9 Å². The zero-order valence-corrected chi connectivity index (χ0v) is 14.3. The number of carbonyl (C=O) groups excluding carboxylic acids is 1. The molecule has 118 valence electrons. The predicted octanol–water partition coefficient (Wildman–Crippen LogP) is 2.46. The number of rotatable bonds is 6. The highest BCUT2D eigenvalue weighted by atomic mass is 35.5. The number of sulfonamides is 1. The van der Waals surface area contributed by atoms with Crippen LogP contribution < -0.4 is 0 Å². The van der Waals surface area contributed by atoms with Gasteiger partial charge in [0.2, 0.25) is 10.0 Å². The molecule has 1 rings (SSSR count). The topological polar surface area (TPSA) is 57.7 Å². The molecule has 7 heteroatoms.